The van der Waals surface area contributed by atoms with Crippen molar-refractivity contribution in [3.05, 3.63) is 29.8 Å². The molecule has 3 N–H and O–H groups in total. The smallest absolute Gasteiger partial charge is 0.193 e. The first kappa shape index (κ1) is 15.5. The molecule has 0 aliphatic rings. The van der Waals surface area contributed by atoms with Crippen LogP contribution in [-0.4, -0.2) is 19.6 Å². The maximum atomic E-state index is 5.89. The molecule has 0 saturated heterocycles. The van der Waals surface area contributed by atoms with Crippen LogP contribution in [0.2, 0.25) is 0 Å². The standard InChI is InChI=1S/C15H25N3O/c1-12(2)7-6-10-17-15(16)18-14-9-5-4-8-13(14)11-19-3/h4-5,8-9,12H,6-7,10-11H2,1-3H3,(H3,16,17,18). The van der Waals surface area contributed by atoms with Crippen molar-refractivity contribution in [2.45, 2.75) is 33.3 Å². The number of methoxy groups -OCH3 is 1. The molecule has 106 valence electrons. The Balaban J connectivity index is 2.51. The van der Waals surface area contributed by atoms with Crippen LogP contribution in [0, 0.1) is 5.92 Å². The molecule has 1 aromatic rings. The summed E-state index contributed by atoms with van der Waals surface area (Å²) in [6.07, 6.45) is 2.25. The first-order valence-corrected chi connectivity index (χ1v) is 6.77. The number of benzene rings is 1. The Hall–Kier alpha value is -1.55. The summed E-state index contributed by atoms with van der Waals surface area (Å²) < 4.78 is 5.15. The average Bonchev–Trinajstić information content (AvgIpc) is 2.37. The predicted octanol–water partition coefficient (Wildman–Crippen LogP) is 3.00. The molecule has 1 rings (SSSR count). The number of nitrogens with two attached hydrogens (primary N) is 1. The Bertz CT molecular complexity index is 402. The maximum Gasteiger partial charge on any atom is 0.193 e. The SMILES string of the molecule is COCc1ccccc1NC(N)=NCCCC(C)C. The molecule has 0 bridgehead atoms. The molecule has 0 saturated carbocycles. The molecule has 0 radical (unpaired) electrons. The highest BCUT2D eigenvalue weighted by atomic mass is 16.5. The number of guanidine groups is 1. The lowest BCUT2D eigenvalue weighted by Gasteiger charge is -2.11. The van der Waals surface area contributed by atoms with Crippen LogP contribution in [0.1, 0.15) is 32.3 Å². The van der Waals surface area contributed by atoms with Crippen molar-refractivity contribution in [1.82, 2.24) is 0 Å². The van der Waals surface area contributed by atoms with Crippen LogP contribution in [0.4, 0.5) is 5.69 Å². The fraction of sp³-hybridized carbons (Fsp3) is 0.533. The highest BCUT2D eigenvalue weighted by Crippen LogP contribution is 2.15. The third-order valence-corrected chi connectivity index (χ3v) is 2.80. The van der Waals surface area contributed by atoms with Crippen molar-refractivity contribution in [2.75, 3.05) is 19.0 Å². The number of hydrogen-bond donors (Lipinski definition) is 2. The third-order valence-electron chi connectivity index (χ3n) is 2.80. The average molecular weight is 263 g/mol. The van der Waals surface area contributed by atoms with Crippen LogP contribution >= 0.6 is 0 Å². The van der Waals surface area contributed by atoms with Gasteiger partial charge >= 0.3 is 0 Å². The number of hydrogen-bond acceptors (Lipinski definition) is 2. The molecule has 4 nitrogen and oxygen atoms in total. The summed E-state index contributed by atoms with van der Waals surface area (Å²) in [6.45, 7) is 5.76. The minimum Gasteiger partial charge on any atom is -0.380 e. The van der Waals surface area contributed by atoms with Gasteiger partial charge in [0.25, 0.3) is 0 Å². The minimum atomic E-state index is 0.465. The molecule has 0 atom stereocenters. The summed E-state index contributed by atoms with van der Waals surface area (Å²) in [4.78, 5) is 4.34. The van der Waals surface area contributed by atoms with E-state index in [0.29, 0.717) is 18.5 Å². The van der Waals surface area contributed by atoms with E-state index in [1.165, 1.54) is 6.42 Å². The lowest BCUT2D eigenvalue weighted by Crippen LogP contribution is -2.23. The van der Waals surface area contributed by atoms with Crippen LogP contribution in [0.15, 0.2) is 29.3 Å². The van der Waals surface area contributed by atoms with Crippen molar-refractivity contribution in [1.29, 1.82) is 0 Å². The first-order chi connectivity index (χ1) is 9.13. The minimum absolute atomic E-state index is 0.465. The molecule has 0 heterocycles. The van der Waals surface area contributed by atoms with Crippen molar-refractivity contribution < 1.29 is 4.74 Å². The Morgan fingerprint density at radius 1 is 1.37 bits per heavy atom. The van der Waals surface area contributed by atoms with Crippen LogP contribution in [0.5, 0.6) is 0 Å². The van der Waals surface area contributed by atoms with E-state index in [2.05, 4.69) is 24.2 Å². The predicted molar refractivity (Wildman–Crippen MR) is 81.3 cm³/mol. The van der Waals surface area contributed by atoms with E-state index in [1.54, 1.807) is 7.11 Å². The van der Waals surface area contributed by atoms with Gasteiger partial charge in [0.15, 0.2) is 5.96 Å². The van der Waals surface area contributed by atoms with Gasteiger partial charge in [-0.3, -0.25) is 4.99 Å². The second-order valence-corrected chi connectivity index (χ2v) is 5.02. The lowest BCUT2D eigenvalue weighted by molar-refractivity contribution is 0.185. The van der Waals surface area contributed by atoms with E-state index in [-0.39, 0.29) is 0 Å². The second kappa shape index (κ2) is 8.53. The summed E-state index contributed by atoms with van der Waals surface area (Å²) >= 11 is 0. The molecule has 0 amide bonds. The van der Waals surface area contributed by atoms with Gasteiger partial charge in [0.2, 0.25) is 0 Å². The summed E-state index contributed by atoms with van der Waals surface area (Å²) in [6, 6.07) is 7.94. The fourth-order valence-electron chi connectivity index (χ4n) is 1.80. The highest BCUT2D eigenvalue weighted by Gasteiger charge is 2.02. The molecule has 0 fully saturated rings. The summed E-state index contributed by atoms with van der Waals surface area (Å²) in [5.41, 5.74) is 7.91. The number of anilines is 1. The van der Waals surface area contributed by atoms with E-state index >= 15 is 0 Å². The van der Waals surface area contributed by atoms with Gasteiger partial charge in [0.05, 0.1) is 6.61 Å². The van der Waals surface area contributed by atoms with Crippen molar-refractivity contribution in [3.63, 3.8) is 0 Å². The summed E-state index contributed by atoms with van der Waals surface area (Å²) in [7, 11) is 1.68. The molecule has 1 aromatic carbocycles. The third kappa shape index (κ3) is 6.25. The number of aliphatic imine (C=N–C) groups is 1. The van der Waals surface area contributed by atoms with Gasteiger partial charge in [-0.2, -0.15) is 0 Å². The maximum absolute atomic E-state index is 5.89. The molecular weight excluding hydrogens is 238 g/mol. The number of nitrogens with zero attached hydrogens (tertiary/aromatic N) is 1. The zero-order valence-electron chi connectivity index (χ0n) is 12.1. The van der Waals surface area contributed by atoms with Gasteiger partial charge in [-0.25, -0.2) is 0 Å². The molecule has 0 aliphatic carbocycles. The number of nitrogens with one attached hydrogen (secondary N) is 1. The van der Waals surface area contributed by atoms with Gasteiger partial charge in [0, 0.05) is 24.9 Å². The monoisotopic (exact) mass is 263 g/mol. The van der Waals surface area contributed by atoms with Gasteiger partial charge in [0.1, 0.15) is 0 Å². The molecule has 0 aliphatic heterocycles. The molecule has 0 unspecified atom stereocenters. The van der Waals surface area contributed by atoms with E-state index in [1.807, 2.05) is 24.3 Å². The Morgan fingerprint density at radius 2 is 2.11 bits per heavy atom. The van der Waals surface area contributed by atoms with Crippen molar-refractivity contribution >= 4 is 11.6 Å². The Labute approximate surface area is 116 Å². The number of rotatable bonds is 7. The van der Waals surface area contributed by atoms with E-state index in [9.17, 15) is 0 Å². The van der Waals surface area contributed by atoms with Gasteiger partial charge in [-0.15, -0.1) is 0 Å². The zero-order valence-corrected chi connectivity index (χ0v) is 12.1. The lowest BCUT2D eigenvalue weighted by atomic mass is 10.1. The van der Waals surface area contributed by atoms with Crippen molar-refractivity contribution in [3.8, 4) is 0 Å². The van der Waals surface area contributed by atoms with Crippen molar-refractivity contribution in [2.24, 2.45) is 16.6 Å². The van der Waals surface area contributed by atoms with Crippen LogP contribution in [0.3, 0.4) is 0 Å². The molecule has 19 heavy (non-hydrogen) atoms. The van der Waals surface area contributed by atoms with E-state index in [0.717, 1.165) is 24.2 Å². The molecule has 4 heteroatoms. The van der Waals surface area contributed by atoms with Gasteiger partial charge in [-0.1, -0.05) is 32.0 Å². The fourth-order valence-corrected chi connectivity index (χ4v) is 1.80. The number of ether oxygens (including phenoxy) is 1. The van der Waals surface area contributed by atoms with Gasteiger partial charge < -0.3 is 15.8 Å². The molecule has 0 spiro atoms. The van der Waals surface area contributed by atoms with Gasteiger partial charge in [-0.05, 0) is 24.8 Å². The quantitative estimate of drug-likeness (QED) is 0.451. The summed E-state index contributed by atoms with van der Waals surface area (Å²) in [5.74, 6) is 1.18. The zero-order chi connectivity index (χ0) is 14.1. The normalized spacial score (nSPS) is 11.9. The Kier molecular flexibility index (Phi) is 6.97. The first-order valence-electron chi connectivity index (χ1n) is 6.77. The number of para-hydroxylation sites is 1. The van der Waals surface area contributed by atoms with Crippen LogP contribution < -0.4 is 11.1 Å². The van der Waals surface area contributed by atoms with Crippen LogP contribution in [-0.2, 0) is 11.3 Å². The topological polar surface area (TPSA) is 59.6 Å². The molecule has 0 aromatic heterocycles. The Morgan fingerprint density at radius 3 is 2.79 bits per heavy atom. The summed E-state index contributed by atoms with van der Waals surface area (Å²) in [5, 5.41) is 3.13. The van der Waals surface area contributed by atoms with E-state index in [4.69, 9.17) is 10.5 Å². The largest absolute Gasteiger partial charge is 0.380 e. The molecular formula is C15H25N3O. The van der Waals surface area contributed by atoms with E-state index < -0.39 is 0 Å². The second-order valence-electron chi connectivity index (χ2n) is 5.02. The highest BCUT2D eigenvalue weighted by molar-refractivity contribution is 5.92. The van der Waals surface area contributed by atoms with Crippen LogP contribution in [0.25, 0.3) is 0 Å².